The van der Waals surface area contributed by atoms with Gasteiger partial charge in [0, 0.05) is 18.0 Å². The number of halogens is 1. The Balaban J connectivity index is 0.000000191. The topological polar surface area (TPSA) is 87.1 Å². The molecule has 0 amide bonds. The third-order valence-corrected chi connectivity index (χ3v) is 2.47. The molecule has 2 rings (SSSR count). The van der Waals surface area contributed by atoms with E-state index >= 15 is 0 Å². The summed E-state index contributed by atoms with van der Waals surface area (Å²) >= 11 is 0. The molecule has 6 nitrogen and oxygen atoms in total. The Hall–Kier alpha value is -2.11. The second-order valence-corrected chi connectivity index (χ2v) is 3.84. The molecule has 1 saturated heterocycles. The van der Waals surface area contributed by atoms with Gasteiger partial charge < -0.3 is 10.1 Å². The van der Waals surface area contributed by atoms with Gasteiger partial charge >= 0.3 is 0 Å². The molecule has 1 aliphatic rings. The third kappa shape index (κ3) is 5.85. The quantitative estimate of drug-likeness (QED) is 0.391. The summed E-state index contributed by atoms with van der Waals surface area (Å²) in [6, 6.07) is 9.06. The molecule has 1 aliphatic heterocycles. The molecule has 2 atom stereocenters. The zero-order chi connectivity index (χ0) is 13.9. The molecule has 1 N–H and O–H groups in total. The monoisotopic (exact) mass is 266 g/mol. The third-order valence-electron chi connectivity index (χ3n) is 2.47. The van der Waals surface area contributed by atoms with Gasteiger partial charge in [-0.25, -0.2) is 4.39 Å². The van der Waals surface area contributed by atoms with Gasteiger partial charge in [-0.2, -0.15) is 0 Å². The Morgan fingerprint density at radius 2 is 2.21 bits per heavy atom. The first-order chi connectivity index (χ1) is 9.27. The van der Waals surface area contributed by atoms with Crippen molar-refractivity contribution in [2.45, 2.75) is 18.8 Å². The maximum Gasteiger partial charge on any atom is 0.293 e. The molecular formula is C12H15FN4O2. The minimum Gasteiger partial charge on any atom is -0.463 e. The highest BCUT2D eigenvalue weighted by Gasteiger charge is 2.24. The van der Waals surface area contributed by atoms with E-state index in [0.29, 0.717) is 26.2 Å². The lowest BCUT2D eigenvalue weighted by molar-refractivity contribution is -0.129. The van der Waals surface area contributed by atoms with Crippen molar-refractivity contribution in [2.75, 3.05) is 13.1 Å². The van der Waals surface area contributed by atoms with Crippen molar-refractivity contribution in [3.63, 3.8) is 0 Å². The minimum absolute atomic E-state index is 0.309. The number of benzene rings is 1. The summed E-state index contributed by atoms with van der Waals surface area (Å²) < 4.78 is 17.0. The molecule has 19 heavy (non-hydrogen) atoms. The van der Waals surface area contributed by atoms with Crippen molar-refractivity contribution in [2.24, 2.45) is 5.11 Å². The molecule has 1 aromatic carbocycles. The van der Waals surface area contributed by atoms with Crippen molar-refractivity contribution < 1.29 is 13.9 Å². The number of hydrogen-bond donors (Lipinski definition) is 1. The lowest BCUT2D eigenvalue weighted by Gasteiger charge is -1.99. The van der Waals surface area contributed by atoms with Crippen LogP contribution in [0.4, 0.5) is 4.39 Å². The van der Waals surface area contributed by atoms with Crippen molar-refractivity contribution >= 4 is 6.47 Å². The first kappa shape index (κ1) is 14.9. The number of alkyl halides is 1. The standard InChI is InChI=1S/C8H8O2.C4H7FN4/c9-7-10-6-8-4-2-1-3-5-8;5-3-1-7-2-4(3)8-9-6/h1-5,7H,6H2;3-4,7H,1-2H2/t;3-,4-/m.1/s1. The SMILES string of the molecule is O=COCc1ccccc1.[N-]=[N+]=N[C@@H]1CNC[C@H]1F. The number of nitrogens with zero attached hydrogens (tertiary/aromatic N) is 3. The number of nitrogens with one attached hydrogen (secondary N) is 1. The van der Waals surface area contributed by atoms with Gasteiger partial charge in [0.05, 0.1) is 6.04 Å². The Morgan fingerprint density at radius 3 is 2.74 bits per heavy atom. The molecule has 1 fully saturated rings. The van der Waals surface area contributed by atoms with Gasteiger partial charge in [-0.15, -0.1) is 0 Å². The number of hydrogen-bond acceptors (Lipinski definition) is 4. The summed E-state index contributed by atoms with van der Waals surface area (Å²) in [4.78, 5) is 12.3. The summed E-state index contributed by atoms with van der Waals surface area (Å²) in [6.07, 6.45) is -0.999. The van der Waals surface area contributed by atoms with E-state index in [1.807, 2.05) is 30.3 Å². The van der Waals surface area contributed by atoms with Crippen LogP contribution in [0.1, 0.15) is 5.56 Å². The molecule has 7 heteroatoms. The summed E-state index contributed by atoms with van der Waals surface area (Å²) in [7, 11) is 0. The Labute approximate surface area is 110 Å². The van der Waals surface area contributed by atoms with Crippen molar-refractivity contribution in [3.8, 4) is 0 Å². The maximum atomic E-state index is 12.4. The van der Waals surface area contributed by atoms with E-state index in [0.717, 1.165) is 5.56 Å². The van der Waals surface area contributed by atoms with Gasteiger partial charge in [-0.1, -0.05) is 35.4 Å². The van der Waals surface area contributed by atoms with Crippen LogP contribution in [0.5, 0.6) is 0 Å². The number of azide groups is 1. The fourth-order valence-electron chi connectivity index (χ4n) is 1.52. The highest BCUT2D eigenvalue weighted by molar-refractivity contribution is 5.37. The molecule has 0 aromatic heterocycles. The molecule has 0 spiro atoms. The lowest BCUT2D eigenvalue weighted by Crippen LogP contribution is -2.15. The molecule has 0 aliphatic carbocycles. The van der Waals surface area contributed by atoms with Gasteiger partial charge in [-0.05, 0) is 11.1 Å². The van der Waals surface area contributed by atoms with Crippen LogP contribution in [0.15, 0.2) is 35.4 Å². The average molecular weight is 266 g/mol. The molecule has 1 heterocycles. The maximum absolute atomic E-state index is 12.4. The van der Waals surface area contributed by atoms with E-state index in [9.17, 15) is 9.18 Å². The van der Waals surface area contributed by atoms with Crippen LogP contribution < -0.4 is 5.32 Å². The van der Waals surface area contributed by atoms with Gasteiger partial charge in [0.2, 0.25) is 0 Å². The zero-order valence-corrected chi connectivity index (χ0v) is 10.3. The van der Waals surface area contributed by atoms with Gasteiger partial charge in [0.15, 0.2) is 0 Å². The molecule has 0 unspecified atom stereocenters. The van der Waals surface area contributed by atoms with Crippen LogP contribution in [0.3, 0.4) is 0 Å². The van der Waals surface area contributed by atoms with E-state index in [-0.39, 0.29) is 0 Å². The number of rotatable bonds is 4. The summed E-state index contributed by atoms with van der Waals surface area (Å²) in [6.45, 7) is 1.59. The number of ether oxygens (including phenoxy) is 1. The highest BCUT2D eigenvalue weighted by atomic mass is 19.1. The highest BCUT2D eigenvalue weighted by Crippen LogP contribution is 2.07. The fourth-order valence-corrected chi connectivity index (χ4v) is 1.52. The summed E-state index contributed by atoms with van der Waals surface area (Å²) in [5, 5.41) is 6.01. The van der Waals surface area contributed by atoms with Crippen LogP contribution >= 0.6 is 0 Å². The normalized spacial score (nSPS) is 20.7. The molecule has 0 saturated carbocycles. The predicted molar refractivity (Wildman–Crippen MR) is 68.0 cm³/mol. The van der Waals surface area contributed by atoms with Crippen molar-refractivity contribution in [3.05, 3.63) is 46.3 Å². The number of carbonyl (C=O) groups is 1. The van der Waals surface area contributed by atoms with Crippen molar-refractivity contribution in [1.29, 1.82) is 0 Å². The van der Waals surface area contributed by atoms with E-state index in [4.69, 9.17) is 5.53 Å². The van der Waals surface area contributed by atoms with Crippen molar-refractivity contribution in [1.82, 2.24) is 5.32 Å². The second kappa shape index (κ2) is 8.91. The smallest absolute Gasteiger partial charge is 0.293 e. The number of carbonyl (C=O) groups excluding carboxylic acids is 1. The molecule has 0 radical (unpaired) electrons. The van der Waals surface area contributed by atoms with Crippen LogP contribution in [0.2, 0.25) is 0 Å². The predicted octanol–water partition coefficient (Wildman–Crippen LogP) is 1.97. The van der Waals surface area contributed by atoms with E-state index in [1.165, 1.54) is 0 Å². The van der Waals surface area contributed by atoms with Crippen LogP contribution in [0, 0.1) is 0 Å². The molecule has 0 bridgehead atoms. The summed E-state index contributed by atoms with van der Waals surface area (Å²) in [5.41, 5.74) is 8.92. The average Bonchev–Trinajstić information content (AvgIpc) is 2.85. The van der Waals surface area contributed by atoms with Gasteiger partial charge in [0.25, 0.3) is 6.47 Å². The van der Waals surface area contributed by atoms with Crippen LogP contribution in [0.25, 0.3) is 10.4 Å². The zero-order valence-electron chi connectivity index (χ0n) is 10.3. The van der Waals surface area contributed by atoms with E-state index in [2.05, 4.69) is 20.1 Å². The Bertz CT molecular complexity index is 423. The van der Waals surface area contributed by atoms with Crippen LogP contribution in [-0.2, 0) is 16.1 Å². The fraction of sp³-hybridized carbons (Fsp3) is 0.417. The molecular weight excluding hydrogens is 251 g/mol. The van der Waals surface area contributed by atoms with Gasteiger partial charge in [0.1, 0.15) is 12.8 Å². The first-order valence-corrected chi connectivity index (χ1v) is 5.76. The largest absolute Gasteiger partial charge is 0.463 e. The molecule has 102 valence electrons. The van der Waals surface area contributed by atoms with Crippen LogP contribution in [-0.4, -0.2) is 31.8 Å². The Morgan fingerprint density at radius 1 is 1.47 bits per heavy atom. The summed E-state index contributed by atoms with van der Waals surface area (Å²) in [5.74, 6) is 0. The van der Waals surface area contributed by atoms with Gasteiger partial charge in [-0.3, -0.25) is 4.79 Å². The van der Waals surface area contributed by atoms with E-state index < -0.39 is 12.2 Å². The second-order valence-electron chi connectivity index (χ2n) is 3.84. The Kier molecular flexibility index (Phi) is 7.01. The first-order valence-electron chi connectivity index (χ1n) is 5.76. The van der Waals surface area contributed by atoms with E-state index in [1.54, 1.807) is 0 Å². The lowest BCUT2D eigenvalue weighted by atomic mass is 10.2. The minimum atomic E-state index is -0.999. The molecule has 1 aromatic rings.